The molecule has 1 heterocycles. The fraction of sp³-hybridized carbons (Fsp3) is 0.250. The van der Waals surface area contributed by atoms with Gasteiger partial charge in [0, 0.05) is 22.9 Å². The second-order valence-corrected chi connectivity index (χ2v) is 8.28. The molecule has 0 bridgehead atoms. The summed E-state index contributed by atoms with van der Waals surface area (Å²) in [6.45, 7) is 5.06. The molecule has 0 aliphatic heterocycles. The zero-order chi connectivity index (χ0) is 19.4. The number of nitriles is 1. The van der Waals surface area contributed by atoms with Gasteiger partial charge in [-0.15, -0.1) is 10.2 Å². The molecule has 0 radical (unpaired) electrons. The number of hydrogen-bond acceptors (Lipinski definition) is 4. The molecule has 2 aromatic carbocycles. The molecule has 27 heavy (non-hydrogen) atoms. The summed E-state index contributed by atoms with van der Waals surface area (Å²) in [5.74, 6) is 1.78. The van der Waals surface area contributed by atoms with E-state index in [9.17, 15) is 5.26 Å². The lowest BCUT2D eigenvalue weighted by Gasteiger charge is -2.13. The molecule has 0 N–H and O–H groups in total. The van der Waals surface area contributed by atoms with Gasteiger partial charge in [-0.3, -0.25) is 0 Å². The van der Waals surface area contributed by atoms with E-state index in [0.29, 0.717) is 27.3 Å². The summed E-state index contributed by atoms with van der Waals surface area (Å²) in [5, 5.41) is 20.0. The summed E-state index contributed by atoms with van der Waals surface area (Å²) < 4.78 is 2.08. The van der Waals surface area contributed by atoms with Gasteiger partial charge in [-0.2, -0.15) is 5.26 Å². The molecule has 0 spiro atoms. The number of thioether (sulfide) groups is 1. The van der Waals surface area contributed by atoms with Gasteiger partial charge in [0.1, 0.15) is 0 Å². The first kappa shape index (κ1) is 19.8. The van der Waals surface area contributed by atoms with Crippen LogP contribution in [-0.4, -0.2) is 14.8 Å². The van der Waals surface area contributed by atoms with Crippen LogP contribution in [0.2, 0.25) is 10.0 Å². The SMILES string of the molecule is CC(C)Cn1c(SCc2ccccc2C#N)nnc1-c1ccc(Cl)cc1Cl. The lowest BCUT2D eigenvalue weighted by atomic mass is 10.1. The average molecular weight is 417 g/mol. The minimum absolute atomic E-state index is 0.413. The molecule has 1 aromatic heterocycles. The minimum atomic E-state index is 0.413. The Morgan fingerprint density at radius 1 is 1.15 bits per heavy atom. The summed E-state index contributed by atoms with van der Waals surface area (Å²) in [4.78, 5) is 0. The second kappa shape index (κ2) is 8.79. The highest BCUT2D eigenvalue weighted by Gasteiger charge is 2.18. The molecule has 0 saturated heterocycles. The zero-order valence-electron chi connectivity index (χ0n) is 15.0. The van der Waals surface area contributed by atoms with E-state index < -0.39 is 0 Å². The van der Waals surface area contributed by atoms with Crippen molar-refractivity contribution < 1.29 is 0 Å². The van der Waals surface area contributed by atoms with Crippen molar-refractivity contribution in [2.45, 2.75) is 31.3 Å². The summed E-state index contributed by atoms with van der Waals surface area (Å²) >= 11 is 14.0. The molecule has 138 valence electrons. The molecular weight excluding hydrogens is 399 g/mol. The molecule has 4 nitrogen and oxygen atoms in total. The number of halogens is 2. The number of benzene rings is 2. The van der Waals surface area contributed by atoms with E-state index in [1.54, 1.807) is 23.9 Å². The topological polar surface area (TPSA) is 54.5 Å². The van der Waals surface area contributed by atoms with Gasteiger partial charge < -0.3 is 4.57 Å². The summed E-state index contributed by atoms with van der Waals surface area (Å²) in [5.41, 5.74) is 2.47. The van der Waals surface area contributed by atoms with Crippen molar-refractivity contribution >= 4 is 35.0 Å². The van der Waals surface area contributed by atoms with Crippen molar-refractivity contribution in [2.24, 2.45) is 5.92 Å². The van der Waals surface area contributed by atoms with Crippen LogP contribution in [0.5, 0.6) is 0 Å². The maximum absolute atomic E-state index is 9.28. The molecule has 0 amide bonds. The first-order chi connectivity index (χ1) is 13.0. The Kier molecular flexibility index (Phi) is 6.43. The predicted octanol–water partition coefficient (Wildman–Crippen LogP) is 6.07. The van der Waals surface area contributed by atoms with Crippen molar-refractivity contribution in [1.82, 2.24) is 14.8 Å². The van der Waals surface area contributed by atoms with Crippen LogP contribution < -0.4 is 0 Å². The van der Waals surface area contributed by atoms with Gasteiger partial charge in [-0.05, 0) is 35.7 Å². The third kappa shape index (κ3) is 4.65. The van der Waals surface area contributed by atoms with Crippen molar-refractivity contribution in [2.75, 3.05) is 0 Å². The zero-order valence-corrected chi connectivity index (χ0v) is 17.3. The Balaban J connectivity index is 1.94. The van der Waals surface area contributed by atoms with Crippen LogP contribution in [0.1, 0.15) is 25.0 Å². The average Bonchev–Trinajstić information content (AvgIpc) is 3.02. The van der Waals surface area contributed by atoms with E-state index in [1.807, 2.05) is 30.3 Å². The third-order valence-corrected chi connectivity index (χ3v) is 5.49. The normalized spacial score (nSPS) is 11.0. The Morgan fingerprint density at radius 2 is 1.93 bits per heavy atom. The minimum Gasteiger partial charge on any atom is -0.302 e. The molecule has 0 atom stereocenters. The van der Waals surface area contributed by atoms with Crippen LogP contribution in [0, 0.1) is 17.2 Å². The Labute approximate surface area is 173 Å². The Morgan fingerprint density at radius 3 is 2.63 bits per heavy atom. The first-order valence-corrected chi connectivity index (χ1v) is 10.2. The highest BCUT2D eigenvalue weighted by Crippen LogP contribution is 2.33. The van der Waals surface area contributed by atoms with E-state index in [0.717, 1.165) is 28.7 Å². The lowest BCUT2D eigenvalue weighted by molar-refractivity contribution is 0.498. The van der Waals surface area contributed by atoms with Crippen LogP contribution in [0.15, 0.2) is 47.6 Å². The number of hydrogen-bond donors (Lipinski definition) is 0. The molecule has 0 aliphatic rings. The fourth-order valence-electron chi connectivity index (χ4n) is 2.69. The van der Waals surface area contributed by atoms with Crippen LogP contribution in [0.3, 0.4) is 0 Å². The van der Waals surface area contributed by atoms with Crippen molar-refractivity contribution in [1.29, 1.82) is 5.26 Å². The van der Waals surface area contributed by atoms with E-state index in [4.69, 9.17) is 23.2 Å². The van der Waals surface area contributed by atoms with Crippen LogP contribution >= 0.6 is 35.0 Å². The first-order valence-electron chi connectivity index (χ1n) is 8.49. The number of aromatic nitrogens is 3. The smallest absolute Gasteiger partial charge is 0.191 e. The van der Waals surface area contributed by atoms with Gasteiger partial charge >= 0.3 is 0 Å². The molecule has 0 aliphatic carbocycles. The van der Waals surface area contributed by atoms with Gasteiger partial charge in [-0.25, -0.2) is 0 Å². The summed E-state index contributed by atoms with van der Waals surface area (Å²) in [7, 11) is 0. The molecule has 0 saturated carbocycles. The van der Waals surface area contributed by atoms with Crippen LogP contribution in [0.25, 0.3) is 11.4 Å². The molecule has 3 rings (SSSR count). The number of rotatable bonds is 6. The van der Waals surface area contributed by atoms with Crippen molar-refractivity contribution in [3.8, 4) is 17.5 Å². The largest absolute Gasteiger partial charge is 0.302 e. The fourth-order valence-corrected chi connectivity index (χ4v) is 4.14. The van der Waals surface area contributed by atoms with Gasteiger partial charge in [0.15, 0.2) is 11.0 Å². The monoisotopic (exact) mass is 416 g/mol. The van der Waals surface area contributed by atoms with Gasteiger partial charge in [0.2, 0.25) is 0 Å². The maximum atomic E-state index is 9.28. The highest BCUT2D eigenvalue weighted by atomic mass is 35.5. The highest BCUT2D eigenvalue weighted by molar-refractivity contribution is 7.98. The van der Waals surface area contributed by atoms with E-state index in [2.05, 4.69) is 34.7 Å². The maximum Gasteiger partial charge on any atom is 0.191 e. The van der Waals surface area contributed by atoms with Gasteiger partial charge in [-0.1, -0.05) is 67.0 Å². The Hall–Kier alpha value is -2.00. The van der Waals surface area contributed by atoms with Crippen molar-refractivity contribution in [3.05, 3.63) is 63.6 Å². The molecule has 0 unspecified atom stereocenters. The standard InChI is InChI=1S/C20H18Cl2N4S/c1-13(2)11-26-19(17-8-7-16(21)9-18(17)22)24-25-20(26)27-12-15-6-4-3-5-14(15)10-23/h3-9,13H,11-12H2,1-2H3. The molecule has 0 fully saturated rings. The third-order valence-electron chi connectivity index (χ3n) is 3.93. The van der Waals surface area contributed by atoms with E-state index >= 15 is 0 Å². The molecule has 3 aromatic rings. The summed E-state index contributed by atoms with van der Waals surface area (Å²) in [6, 6.07) is 15.2. The van der Waals surface area contributed by atoms with Gasteiger partial charge in [0.25, 0.3) is 0 Å². The second-order valence-electron chi connectivity index (χ2n) is 6.49. The van der Waals surface area contributed by atoms with Crippen LogP contribution in [-0.2, 0) is 12.3 Å². The molecule has 7 heteroatoms. The number of nitrogens with zero attached hydrogens (tertiary/aromatic N) is 4. The molecular formula is C20H18Cl2N4S. The predicted molar refractivity (Wildman–Crippen MR) is 111 cm³/mol. The quantitative estimate of drug-likeness (QED) is 0.457. The lowest BCUT2D eigenvalue weighted by Crippen LogP contribution is -2.08. The van der Waals surface area contributed by atoms with Gasteiger partial charge in [0.05, 0.1) is 16.7 Å². The van der Waals surface area contributed by atoms with Crippen molar-refractivity contribution in [3.63, 3.8) is 0 Å². The Bertz CT molecular complexity index is 992. The van der Waals surface area contributed by atoms with E-state index in [1.165, 1.54) is 0 Å². The van der Waals surface area contributed by atoms with Crippen LogP contribution in [0.4, 0.5) is 0 Å². The summed E-state index contributed by atoms with van der Waals surface area (Å²) in [6.07, 6.45) is 0. The van der Waals surface area contributed by atoms with E-state index in [-0.39, 0.29) is 0 Å².